The third kappa shape index (κ3) is 4.58. The molecule has 3 aliphatic carbocycles. The Balaban J connectivity index is 1.39. The fourth-order valence-electron chi connectivity index (χ4n) is 5.92. The van der Waals surface area contributed by atoms with Crippen molar-refractivity contribution in [2.24, 2.45) is 35.5 Å². The first-order valence-corrected chi connectivity index (χ1v) is 12.4. The number of carbonyl (C=O) groups is 3. The van der Waals surface area contributed by atoms with Gasteiger partial charge < -0.3 is 20.5 Å². The Morgan fingerprint density at radius 2 is 1.33 bits per heavy atom. The Morgan fingerprint density at radius 3 is 1.89 bits per heavy atom. The predicted molar refractivity (Wildman–Crippen MR) is 136 cm³/mol. The van der Waals surface area contributed by atoms with E-state index in [0.717, 1.165) is 0 Å². The quantitative estimate of drug-likeness (QED) is 0.539. The number of amides is 2. The summed E-state index contributed by atoms with van der Waals surface area (Å²) >= 11 is 0. The predicted octanol–water partition coefficient (Wildman–Crippen LogP) is 3.80. The molecule has 2 fully saturated rings. The number of anilines is 2. The highest BCUT2D eigenvalue weighted by Gasteiger charge is 2.63. The molecule has 0 radical (unpaired) electrons. The minimum atomic E-state index is -1.02. The summed E-state index contributed by atoms with van der Waals surface area (Å²) in [5, 5.41) is 17.0. The number of rotatable bonds is 6. The molecule has 2 aromatic rings. The van der Waals surface area contributed by atoms with Crippen molar-refractivity contribution < 1.29 is 24.2 Å². The molecular formula is C29H30N2O5. The third-order valence-electron chi connectivity index (χ3n) is 7.67. The van der Waals surface area contributed by atoms with Crippen LogP contribution >= 0.6 is 0 Å². The molecule has 2 saturated carbocycles. The summed E-state index contributed by atoms with van der Waals surface area (Å²) < 4.78 is 5.86. The number of hydrogen-bond donors (Lipinski definition) is 3. The number of ether oxygens (including phenoxy) is 1. The lowest BCUT2D eigenvalue weighted by Gasteiger charge is -2.37. The van der Waals surface area contributed by atoms with E-state index in [1.54, 1.807) is 30.3 Å². The zero-order valence-electron chi connectivity index (χ0n) is 20.0. The van der Waals surface area contributed by atoms with E-state index < -0.39 is 47.8 Å². The molecule has 0 spiro atoms. The summed E-state index contributed by atoms with van der Waals surface area (Å²) in [6.45, 7) is 1.93. The molecule has 2 bridgehead atoms. The molecule has 7 heteroatoms. The summed E-state index contributed by atoms with van der Waals surface area (Å²) in [6.07, 6.45) is 5.98. The van der Waals surface area contributed by atoms with Gasteiger partial charge in [-0.15, -0.1) is 0 Å². The van der Waals surface area contributed by atoms with Gasteiger partial charge in [0.1, 0.15) is 6.10 Å². The molecule has 0 aromatic heterocycles. The van der Waals surface area contributed by atoms with Crippen LogP contribution in [0.5, 0.6) is 0 Å². The smallest absolute Gasteiger partial charge is 0.313 e. The van der Waals surface area contributed by atoms with E-state index in [4.69, 9.17) is 4.74 Å². The first-order valence-electron chi connectivity index (χ1n) is 12.4. The Kier molecular flexibility index (Phi) is 6.74. The van der Waals surface area contributed by atoms with Crippen LogP contribution in [-0.2, 0) is 19.1 Å². The van der Waals surface area contributed by atoms with Gasteiger partial charge in [-0.25, -0.2) is 0 Å². The van der Waals surface area contributed by atoms with Crippen molar-refractivity contribution in [3.63, 3.8) is 0 Å². The highest BCUT2D eigenvalue weighted by Crippen LogP contribution is 2.54. The molecule has 7 nitrogen and oxygen atoms in total. The Labute approximate surface area is 210 Å². The molecule has 2 aromatic carbocycles. The Morgan fingerprint density at radius 1 is 0.806 bits per heavy atom. The van der Waals surface area contributed by atoms with Crippen molar-refractivity contribution in [2.75, 3.05) is 10.6 Å². The maximum absolute atomic E-state index is 13.5. The maximum Gasteiger partial charge on any atom is 0.313 e. The molecule has 0 aliphatic heterocycles. The molecule has 0 saturated heterocycles. The molecular weight excluding hydrogens is 456 g/mol. The summed E-state index contributed by atoms with van der Waals surface area (Å²) in [6, 6.07) is 18.1. The highest BCUT2D eigenvalue weighted by molar-refractivity contribution is 6.01. The monoisotopic (exact) mass is 486 g/mol. The lowest BCUT2D eigenvalue weighted by Crippen LogP contribution is -2.51. The topological polar surface area (TPSA) is 105 Å². The summed E-state index contributed by atoms with van der Waals surface area (Å²) in [7, 11) is 0. The second kappa shape index (κ2) is 10.1. The van der Waals surface area contributed by atoms with Crippen LogP contribution in [-0.4, -0.2) is 35.1 Å². The number of aliphatic hydroxyl groups is 1. The van der Waals surface area contributed by atoms with Crippen molar-refractivity contribution in [1.82, 2.24) is 0 Å². The lowest BCUT2D eigenvalue weighted by atomic mass is 9.75. The summed E-state index contributed by atoms with van der Waals surface area (Å²) in [4.78, 5) is 40.0. The van der Waals surface area contributed by atoms with Crippen LogP contribution in [0, 0.1) is 35.5 Å². The third-order valence-corrected chi connectivity index (χ3v) is 7.67. The fraction of sp³-hybridized carbons (Fsp3) is 0.345. The number of esters is 1. The molecule has 36 heavy (non-hydrogen) atoms. The second-order valence-corrected chi connectivity index (χ2v) is 9.87. The number of aliphatic hydroxyl groups excluding tert-OH is 1. The highest BCUT2D eigenvalue weighted by atomic mass is 16.6. The standard InChI is InChI=1S/C29H30N2O5/c1-17-10-8-9-15-20(17)29(35)36-26-22-16-21(25(26)32)23(27(33)30-18-11-4-2-5-12-18)24(22)28(34)31-19-13-6-3-7-14-19/h2-15,17,20-26,32H,16H2,1H3,(H,30,33)(H,31,34). The SMILES string of the molecule is CC1C=CC=CC1C(=O)OC1C(O)C2CC1C(C(=O)Nc1ccccc1)C2C(=O)Nc1ccccc1. The van der Waals surface area contributed by atoms with Gasteiger partial charge in [-0.2, -0.15) is 0 Å². The van der Waals surface area contributed by atoms with E-state index in [1.165, 1.54) is 0 Å². The first kappa shape index (κ1) is 24.0. The summed E-state index contributed by atoms with van der Waals surface area (Å²) in [5.74, 6) is -4.00. The number of nitrogens with one attached hydrogen (secondary N) is 2. The molecule has 5 rings (SSSR count). The van der Waals surface area contributed by atoms with E-state index >= 15 is 0 Å². The van der Waals surface area contributed by atoms with Crippen molar-refractivity contribution >= 4 is 29.2 Å². The van der Waals surface area contributed by atoms with Crippen molar-refractivity contribution in [3.05, 3.63) is 85.0 Å². The fourth-order valence-corrected chi connectivity index (χ4v) is 5.92. The van der Waals surface area contributed by atoms with Crippen LogP contribution in [0.25, 0.3) is 0 Å². The average Bonchev–Trinajstić information content (AvgIpc) is 3.42. The number of benzene rings is 2. The van der Waals surface area contributed by atoms with Gasteiger partial charge in [0, 0.05) is 23.2 Å². The van der Waals surface area contributed by atoms with Gasteiger partial charge in [-0.05, 0) is 36.6 Å². The van der Waals surface area contributed by atoms with Crippen molar-refractivity contribution in [2.45, 2.75) is 25.6 Å². The van der Waals surface area contributed by atoms with Gasteiger partial charge in [0.2, 0.25) is 11.8 Å². The van der Waals surface area contributed by atoms with E-state index in [0.29, 0.717) is 17.8 Å². The lowest BCUT2D eigenvalue weighted by molar-refractivity contribution is -0.169. The molecule has 2 amide bonds. The van der Waals surface area contributed by atoms with Gasteiger partial charge >= 0.3 is 5.97 Å². The van der Waals surface area contributed by atoms with E-state index in [9.17, 15) is 19.5 Å². The minimum Gasteiger partial charge on any atom is -0.459 e. The van der Waals surface area contributed by atoms with Crippen LogP contribution in [0.1, 0.15) is 13.3 Å². The largest absolute Gasteiger partial charge is 0.459 e. The van der Waals surface area contributed by atoms with Crippen LogP contribution in [0.4, 0.5) is 11.4 Å². The van der Waals surface area contributed by atoms with Gasteiger partial charge in [-0.1, -0.05) is 67.6 Å². The van der Waals surface area contributed by atoms with Gasteiger partial charge in [-0.3, -0.25) is 14.4 Å². The number of carbonyl (C=O) groups excluding carboxylic acids is 3. The molecule has 3 aliphatic rings. The first-order chi connectivity index (χ1) is 17.4. The number of hydrogen-bond acceptors (Lipinski definition) is 5. The van der Waals surface area contributed by atoms with Gasteiger partial charge in [0.25, 0.3) is 0 Å². The van der Waals surface area contributed by atoms with E-state index in [2.05, 4.69) is 10.6 Å². The molecule has 8 unspecified atom stereocenters. The van der Waals surface area contributed by atoms with Crippen LogP contribution in [0.2, 0.25) is 0 Å². The molecule has 186 valence electrons. The normalized spacial score (nSPS) is 32.2. The Bertz CT molecular complexity index is 1180. The maximum atomic E-state index is 13.5. The summed E-state index contributed by atoms with van der Waals surface area (Å²) in [5.41, 5.74) is 1.24. The number of para-hydroxylation sites is 2. The molecule has 8 atom stereocenters. The average molecular weight is 487 g/mol. The zero-order chi connectivity index (χ0) is 25.2. The van der Waals surface area contributed by atoms with Gasteiger partial charge in [0.05, 0.1) is 23.9 Å². The van der Waals surface area contributed by atoms with Crippen LogP contribution in [0.15, 0.2) is 85.0 Å². The van der Waals surface area contributed by atoms with Crippen molar-refractivity contribution in [3.8, 4) is 0 Å². The molecule has 3 N–H and O–H groups in total. The number of allylic oxidation sites excluding steroid dienone is 3. The van der Waals surface area contributed by atoms with Crippen LogP contribution < -0.4 is 10.6 Å². The van der Waals surface area contributed by atoms with E-state index in [-0.39, 0.29) is 17.7 Å². The second-order valence-electron chi connectivity index (χ2n) is 9.87. The van der Waals surface area contributed by atoms with Crippen LogP contribution in [0.3, 0.4) is 0 Å². The molecule has 0 heterocycles. The minimum absolute atomic E-state index is 0.0280. The van der Waals surface area contributed by atoms with Gasteiger partial charge in [0.15, 0.2) is 0 Å². The van der Waals surface area contributed by atoms with Crippen molar-refractivity contribution in [1.29, 1.82) is 0 Å². The Hall–Kier alpha value is -3.71. The number of fused-ring (bicyclic) bond motifs is 2. The zero-order valence-corrected chi connectivity index (χ0v) is 20.0. The van der Waals surface area contributed by atoms with E-state index in [1.807, 2.05) is 61.5 Å².